The summed E-state index contributed by atoms with van der Waals surface area (Å²) in [6.45, 7) is 5.28. The molecule has 0 amide bonds. The first-order valence-electron chi connectivity index (χ1n) is 6.40. The molecule has 1 aromatic heterocycles. The lowest BCUT2D eigenvalue weighted by molar-refractivity contribution is 0.234. The van der Waals surface area contributed by atoms with Crippen LogP contribution in [-0.4, -0.2) is 36.1 Å². The van der Waals surface area contributed by atoms with Crippen LogP contribution in [0, 0.1) is 0 Å². The molecule has 1 aliphatic heterocycles. The van der Waals surface area contributed by atoms with Crippen LogP contribution in [0.15, 0.2) is 30.3 Å². The van der Waals surface area contributed by atoms with Crippen LogP contribution in [0.4, 0.5) is 5.82 Å². The largest absolute Gasteiger partial charge is 0.384 e. The van der Waals surface area contributed by atoms with Crippen LogP contribution in [0.25, 0.3) is 10.9 Å². The Hall–Kier alpha value is -1.65. The van der Waals surface area contributed by atoms with Gasteiger partial charge < -0.3 is 11.1 Å². The molecular formula is C14H18N4. The SMILES string of the molecule is Nc1cc(CN2CCNCC2)c2ccccc2n1. The minimum Gasteiger partial charge on any atom is -0.384 e. The fraction of sp³-hybridized carbons (Fsp3) is 0.357. The molecule has 3 rings (SSSR count). The van der Waals surface area contributed by atoms with Gasteiger partial charge in [-0.2, -0.15) is 0 Å². The molecule has 94 valence electrons. The zero-order chi connectivity index (χ0) is 12.4. The van der Waals surface area contributed by atoms with E-state index in [9.17, 15) is 0 Å². The van der Waals surface area contributed by atoms with Gasteiger partial charge in [0.25, 0.3) is 0 Å². The molecule has 0 aliphatic carbocycles. The van der Waals surface area contributed by atoms with Crippen molar-refractivity contribution in [3.63, 3.8) is 0 Å². The van der Waals surface area contributed by atoms with Crippen molar-refractivity contribution in [2.75, 3.05) is 31.9 Å². The zero-order valence-electron chi connectivity index (χ0n) is 10.4. The Morgan fingerprint density at radius 2 is 2.00 bits per heavy atom. The fourth-order valence-corrected chi connectivity index (χ4v) is 2.51. The molecule has 0 atom stereocenters. The molecule has 3 N–H and O–H groups in total. The highest BCUT2D eigenvalue weighted by atomic mass is 15.2. The topological polar surface area (TPSA) is 54.2 Å². The number of nitrogen functional groups attached to an aromatic ring is 1. The van der Waals surface area contributed by atoms with Crippen molar-refractivity contribution in [3.05, 3.63) is 35.9 Å². The number of nitrogens with one attached hydrogen (secondary N) is 1. The highest BCUT2D eigenvalue weighted by Gasteiger charge is 2.12. The Morgan fingerprint density at radius 1 is 1.22 bits per heavy atom. The van der Waals surface area contributed by atoms with Crippen LogP contribution in [0.5, 0.6) is 0 Å². The van der Waals surface area contributed by atoms with Crippen LogP contribution >= 0.6 is 0 Å². The summed E-state index contributed by atoms with van der Waals surface area (Å²) in [4.78, 5) is 6.83. The molecule has 2 heterocycles. The second-order valence-electron chi connectivity index (χ2n) is 4.75. The standard InChI is InChI=1S/C14H18N4/c15-14-9-11(10-18-7-5-16-6-8-18)12-3-1-2-4-13(12)17-14/h1-4,9,16H,5-8,10H2,(H2,15,17). The van der Waals surface area contributed by atoms with Gasteiger partial charge >= 0.3 is 0 Å². The van der Waals surface area contributed by atoms with Gasteiger partial charge in [-0.1, -0.05) is 18.2 Å². The van der Waals surface area contributed by atoms with Gasteiger partial charge in [0.2, 0.25) is 0 Å². The molecule has 1 fully saturated rings. The number of para-hydroxylation sites is 1. The maximum Gasteiger partial charge on any atom is 0.124 e. The van der Waals surface area contributed by atoms with Crippen molar-refractivity contribution in [2.45, 2.75) is 6.54 Å². The lowest BCUT2D eigenvalue weighted by Crippen LogP contribution is -2.42. The predicted molar refractivity (Wildman–Crippen MR) is 74.3 cm³/mol. The molecule has 4 heteroatoms. The normalized spacial score (nSPS) is 17.1. The predicted octanol–water partition coefficient (Wildman–Crippen LogP) is 1.22. The van der Waals surface area contributed by atoms with E-state index in [2.05, 4.69) is 27.3 Å². The summed E-state index contributed by atoms with van der Waals surface area (Å²) in [6, 6.07) is 10.2. The molecule has 1 aromatic carbocycles. The number of fused-ring (bicyclic) bond motifs is 1. The number of piperazine rings is 1. The highest BCUT2D eigenvalue weighted by molar-refractivity contribution is 5.83. The van der Waals surface area contributed by atoms with Crippen molar-refractivity contribution in [2.24, 2.45) is 0 Å². The van der Waals surface area contributed by atoms with E-state index in [0.717, 1.165) is 38.2 Å². The average molecular weight is 242 g/mol. The number of anilines is 1. The minimum atomic E-state index is 0.610. The quantitative estimate of drug-likeness (QED) is 0.831. The maximum absolute atomic E-state index is 5.89. The summed E-state index contributed by atoms with van der Waals surface area (Å²) in [5.74, 6) is 0.610. The third-order valence-corrected chi connectivity index (χ3v) is 3.43. The summed E-state index contributed by atoms with van der Waals surface area (Å²) in [7, 11) is 0. The van der Waals surface area contributed by atoms with E-state index in [1.165, 1.54) is 10.9 Å². The number of aromatic nitrogens is 1. The molecule has 0 bridgehead atoms. The Kier molecular flexibility index (Phi) is 3.13. The first kappa shape index (κ1) is 11.4. The monoisotopic (exact) mass is 242 g/mol. The van der Waals surface area contributed by atoms with Gasteiger partial charge in [0.1, 0.15) is 5.82 Å². The van der Waals surface area contributed by atoms with Gasteiger partial charge in [-0.15, -0.1) is 0 Å². The van der Waals surface area contributed by atoms with Crippen molar-refractivity contribution >= 4 is 16.7 Å². The number of pyridine rings is 1. The molecule has 1 saturated heterocycles. The van der Waals surface area contributed by atoms with Gasteiger partial charge in [-0.05, 0) is 17.7 Å². The number of rotatable bonds is 2. The number of nitrogens with two attached hydrogens (primary N) is 1. The van der Waals surface area contributed by atoms with Crippen LogP contribution < -0.4 is 11.1 Å². The molecular weight excluding hydrogens is 224 g/mol. The number of nitrogens with zero attached hydrogens (tertiary/aromatic N) is 2. The lowest BCUT2D eigenvalue weighted by Gasteiger charge is -2.27. The molecule has 0 radical (unpaired) electrons. The smallest absolute Gasteiger partial charge is 0.124 e. The molecule has 18 heavy (non-hydrogen) atoms. The van der Waals surface area contributed by atoms with Crippen molar-refractivity contribution in [1.29, 1.82) is 0 Å². The van der Waals surface area contributed by atoms with Crippen LogP contribution in [0.2, 0.25) is 0 Å². The second-order valence-corrected chi connectivity index (χ2v) is 4.75. The third kappa shape index (κ3) is 2.30. The molecule has 1 aliphatic rings. The van der Waals surface area contributed by atoms with Crippen molar-refractivity contribution in [1.82, 2.24) is 15.2 Å². The van der Waals surface area contributed by atoms with Crippen LogP contribution in [-0.2, 0) is 6.54 Å². The van der Waals surface area contributed by atoms with Gasteiger partial charge in [0.05, 0.1) is 5.52 Å². The number of hydrogen-bond acceptors (Lipinski definition) is 4. The first-order chi connectivity index (χ1) is 8.83. The summed E-state index contributed by atoms with van der Waals surface area (Å²) in [6.07, 6.45) is 0. The summed E-state index contributed by atoms with van der Waals surface area (Å²) >= 11 is 0. The second kappa shape index (κ2) is 4.92. The van der Waals surface area contributed by atoms with E-state index >= 15 is 0 Å². The van der Waals surface area contributed by atoms with E-state index in [-0.39, 0.29) is 0 Å². The summed E-state index contributed by atoms with van der Waals surface area (Å²) in [5, 5.41) is 4.58. The zero-order valence-corrected chi connectivity index (χ0v) is 10.4. The molecule has 0 unspecified atom stereocenters. The van der Waals surface area contributed by atoms with E-state index in [4.69, 9.17) is 5.73 Å². The van der Waals surface area contributed by atoms with Gasteiger partial charge in [-0.25, -0.2) is 4.98 Å². The maximum atomic E-state index is 5.89. The number of benzene rings is 1. The van der Waals surface area contributed by atoms with Crippen LogP contribution in [0.1, 0.15) is 5.56 Å². The van der Waals surface area contributed by atoms with E-state index in [1.54, 1.807) is 0 Å². The Balaban J connectivity index is 1.94. The number of hydrogen-bond donors (Lipinski definition) is 2. The molecule has 2 aromatic rings. The molecule has 0 saturated carbocycles. The van der Waals surface area contributed by atoms with E-state index in [0.29, 0.717) is 5.82 Å². The third-order valence-electron chi connectivity index (χ3n) is 3.43. The van der Waals surface area contributed by atoms with E-state index < -0.39 is 0 Å². The lowest BCUT2D eigenvalue weighted by atomic mass is 10.1. The van der Waals surface area contributed by atoms with Gasteiger partial charge in [0.15, 0.2) is 0 Å². The molecule has 0 spiro atoms. The molecule has 4 nitrogen and oxygen atoms in total. The summed E-state index contributed by atoms with van der Waals surface area (Å²) < 4.78 is 0. The van der Waals surface area contributed by atoms with E-state index in [1.807, 2.05) is 18.2 Å². The summed E-state index contributed by atoms with van der Waals surface area (Å²) in [5.41, 5.74) is 8.15. The average Bonchev–Trinajstić information content (AvgIpc) is 2.40. The van der Waals surface area contributed by atoms with Crippen molar-refractivity contribution in [3.8, 4) is 0 Å². The Morgan fingerprint density at radius 3 is 2.83 bits per heavy atom. The van der Waals surface area contributed by atoms with Crippen LogP contribution in [0.3, 0.4) is 0 Å². The van der Waals surface area contributed by atoms with Crippen molar-refractivity contribution < 1.29 is 0 Å². The highest BCUT2D eigenvalue weighted by Crippen LogP contribution is 2.20. The minimum absolute atomic E-state index is 0.610. The Labute approximate surface area is 107 Å². The first-order valence-corrected chi connectivity index (χ1v) is 6.40. The fourth-order valence-electron chi connectivity index (χ4n) is 2.51. The van der Waals surface area contributed by atoms with Gasteiger partial charge in [-0.3, -0.25) is 4.90 Å². The Bertz CT molecular complexity index is 546. The van der Waals surface area contributed by atoms with Gasteiger partial charge in [0, 0.05) is 38.1 Å².